The Morgan fingerprint density at radius 1 is 1.17 bits per heavy atom. The molecule has 1 N–H and O–H groups in total. The average molecular weight is 241 g/mol. The van der Waals surface area contributed by atoms with Crippen molar-refractivity contribution >= 4 is 10.8 Å². The van der Waals surface area contributed by atoms with Crippen molar-refractivity contribution in [3.8, 4) is 0 Å². The van der Waals surface area contributed by atoms with Crippen molar-refractivity contribution in [1.29, 1.82) is 0 Å². The Bertz CT molecular complexity index is 557. The first-order chi connectivity index (χ1) is 8.64. The fraction of sp³-hybridized carbons (Fsp3) is 0.375. The summed E-state index contributed by atoms with van der Waals surface area (Å²) >= 11 is 0. The van der Waals surface area contributed by atoms with Crippen molar-refractivity contribution in [2.75, 3.05) is 13.1 Å². The highest BCUT2D eigenvalue weighted by Gasteiger charge is 2.31. The summed E-state index contributed by atoms with van der Waals surface area (Å²) in [6.07, 6.45) is 0.873. The topological polar surface area (TPSA) is 23.5 Å². The van der Waals surface area contributed by atoms with E-state index in [9.17, 15) is 5.11 Å². The van der Waals surface area contributed by atoms with Crippen molar-refractivity contribution < 1.29 is 5.11 Å². The molecule has 1 unspecified atom stereocenters. The third kappa shape index (κ3) is 2.26. The molecule has 1 atom stereocenters. The maximum Gasteiger partial charge on any atom is 0.0758 e. The number of β-amino-alcohol motifs (C(OH)–C–C–N with tert-alkyl or cyclic N) is 1. The standard InChI is InChI=1S/C16H19NO/c1-16(18)9-10-17(12-16)11-14-7-4-6-13-5-2-3-8-15(13)14/h2-8,18H,9-12H2,1H3. The first-order valence-corrected chi connectivity index (χ1v) is 6.55. The summed E-state index contributed by atoms with van der Waals surface area (Å²) in [4.78, 5) is 2.34. The zero-order chi connectivity index (χ0) is 12.6. The molecule has 2 heteroatoms. The number of fused-ring (bicyclic) bond motifs is 1. The smallest absolute Gasteiger partial charge is 0.0758 e. The van der Waals surface area contributed by atoms with Crippen LogP contribution in [-0.2, 0) is 6.54 Å². The Morgan fingerprint density at radius 3 is 2.72 bits per heavy atom. The van der Waals surface area contributed by atoms with E-state index in [1.165, 1.54) is 16.3 Å². The van der Waals surface area contributed by atoms with Crippen LogP contribution in [0.2, 0.25) is 0 Å². The van der Waals surface area contributed by atoms with Gasteiger partial charge in [-0.3, -0.25) is 4.90 Å². The first-order valence-electron chi connectivity index (χ1n) is 6.55. The highest BCUT2D eigenvalue weighted by Crippen LogP contribution is 2.25. The summed E-state index contributed by atoms with van der Waals surface area (Å²) in [5.41, 5.74) is 0.843. The van der Waals surface area contributed by atoms with E-state index < -0.39 is 5.60 Å². The third-order valence-electron chi connectivity index (χ3n) is 3.80. The molecule has 0 spiro atoms. The summed E-state index contributed by atoms with van der Waals surface area (Å²) < 4.78 is 0. The van der Waals surface area contributed by atoms with E-state index in [2.05, 4.69) is 47.4 Å². The zero-order valence-electron chi connectivity index (χ0n) is 10.8. The monoisotopic (exact) mass is 241 g/mol. The lowest BCUT2D eigenvalue weighted by atomic mass is 10.0. The zero-order valence-corrected chi connectivity index (χ0v) is 10.8. The maximum atomic E-state index is 10.0. The minimum absolute atomic E-state index is 0.509. The molecule has 18 heavy (non-hydrogen) atoms. The second-order valence-electron chi connectivity index (χ2n) is 5.60. The van der Waals surface area contributed by atoms with Crippen LogP contribution in [0.25, 0.3) is 10.8 Å². The number of likely N-dealkylation sites (tertiary alicyclic amines) is 1. The largest absolute Gasteiger partial charge is 0.389 e. The van der Waals surface area contributed by atoms with Crippen LogP contribution in [0.15, 0.2) is 42.5 Å². The van der Waals surface area contributed by atoms with Crippen LogP contribution in [0.4, 0.5) is 0 Å². The van der Waals surface area contributed by atoms with E-state index >= 15 is 0 Å². The molecular formula is C16H19NO. The van der Waals surface area contributed by atoms with Gasteiger partial charge in [0, 0.05) is 19.6 Å². The van der Waals surface area contributed by atoms with Crippen LogP contribution in [0.1, 0.15) is 18.9 Å². The van der Waals surface area contributed by atoms with Crippen LogP contribution in [0, 0.1) is 0 Å². The molecule has 0 aromatic heterocycles. The quantitative estimate of drug-likeness (QED) is 0.874. The van der Waals surface area contributed by atoms with Crippen LogP contribution in [-0.4, -0.2) is 28.7 Å². The summed E-state index contributed by atoms with van der Waals surface area (Å²) in [5, 5.41) is 12.6. The molecule has 0 amide bonds. The number of rotatable bonds is 2. The lowest BCUT2D eigenvalue weighted by Gasteiger charge is -2.19. The van der Waals surface area contributed by atoms with Crippen molar-refractivity contribution in [2.45, 2.75) is 25.5 Å². The fourth-order valence-electron chi connectivity index (χ4n) is 2.85. The van der Waals surface area contributed by atoms with Crippen molar-refractivity contribution in [1.82, 2.24) is 4.90 Å². The molecule has 0 aliphatic carbocycles. The predicted molar refractivity (Wildman–Crippen MR) is 74.5 cm³/mol. The van der Waals surface area contributed by atoms with E-state index in [0.717, 1.165) is 26.1 Å². The molecule has 1 heterocycles. The minimum Gasteiger partial charge on any atom is -0.389 e. The molecule has 1 aliphatic heterocycles. The fourth-order valence-corrected chi connectivity index (χ4v) is 2.85. The second-order valence-corrected chi connectivity index (χ2v) is 5.60. The van der Waals surface area contributed by atoms with Crippen LogP contribution in [0.3, 0.4) is 0 Å². The first kappa shape index (κ1) is 11.7. The molecule has 2 nitrogen and oxygen atoms in total. The molecule has 0 saturated carbocycles. The Morgan fingerprint density at radius 2 is 1.94 bits per heavy atom. The Kier molecular flexibility index (Phi) is 2.84. The normalized spacial score (nSPS) is 24.8. The molecular weight excluding hydrogens is 222 g/mol. The van der Waals surface area contributed by atoms with Gasteiger partial charge in [0.1, 0.15) is 0 Å². The van der Waals surface area contributed by atoms with Gasteiger partial charge in [0.2, 0.25) is 0 Å². The molecule has 0 radical (unpaired) electrons. The number of aliphatic hydroxyl groups is 1. The molecule has 1 saturated heterocycles. The lowest BCUT2D eigenvalue weighted by Crippen LogP contribution is -2.29. The van der Waals surface area contributed by atoms with E-state index in [1.54, 1.807) is 0 Å². The highest BCUT2D eigenvalue weighted by molar-refractivity contribution is 5.85. The van der Waals surface area contributed by atoms with Gasteiger partial charge in [0.05, 0.1) is 5.60 Å². The van der Waals surface area contributed by atoms with Crippen molar-refractivity contribution in [2.24, 2.45) is 0 Å². The molecule has 2 aromatic carbocycles. The van der Waals surface area contributed by atoms with Gasteiger partial charge in [-0.05, 0) is 29.7 Å². The SMILES string of the molecule is CC1(O)CCN(Cc2cccc3ccccc23)C1. The van der Waals surface area contributed by atoms with E-state index in [0.29, 0.717) is 0 Å². The van der Waals surface area contributed by atoms with E-state index in [-0.39, 0.29) is 0 Å². The van der Waals surface area contributed by atoms with Crippen LogP contribution in [0.5, 0.6) is 0 Å². The average Bonchev–Trinajstić information content (AvgIpc) is 2.69. The van der Waals surface area contributed by atoms with E-state index in [4.69, 9.17) is 0 Å². The number of nitrogens with zero attached hydrogens (tertiary/aromatic N) is 1. The molecule has 2 aromatic rings. The maximum absolute atomic E-state index is 10.0. The van der Waals surface area contributed by atoms with Gasteiger partial charge in [0.15, 0.2) is 0 Å². The van der Waals surface area contributed by atoms with Gasteiger partial charge in [-0.25, -0.2) is 0 Å². The van der Waals surface area contributed by atoms with Gasteiger partial charge in [-0.2, -0.15) is 0 Å². The van der Waals surface area contributed by atoms with Crippen molar-refractivity contribution in [3.63, 3.8) is 0 Å². The number of hydrogen-bond donors (Lipinski definition) is 1. The van der Waals surface area contributed by atoms with Gasteiger partial charge in [0.25, 0.3) is 0 Å². The lowest BCUT2D eigenvalue weighted by molar-refractivity contribution is 0.0679. The number of hydrogen-bond acceptors (Lipinski definition) is 2. The Labute approximate surface area is 108 Å². The summed E-state index contributed by atoms with van der Waals surface area (Å²) in [5.74, 6) is 0. The Balaban J connectivity index is 1.87. The molecule has 0 bridgehead atoms. The molecule has 3 rings (SSSR count). The van der Waals surface area contributed by atoms with Gasteiger partial charge < -0.3 is 5.11 Å². The predicted octanol–water partition coefficient (Wildman–Crippen LogP) is 2.80. The molecule has 1 aliphatic rings. The van der Waals surface area contributed by atoms with Gasteiger partial charge in [-0.1, -0.05) is 42.5 Å². The molecule has 94 valence electrons. The second kappa shape index (κ2) is 4.38. The summed E-state index contributed by atoms with van der Waals surface area (Å²) in [6.45, 7) is 4.61. The number of benzene rings is 2. The molecule has 1 fully saturated rings. The minimum atomic E-state index is -0.509. The third-order valence-corrected chi connectivity index (χ3v) is 3.80. The Hall–Kier alpha value is -1.38. The van der Waals surface area contributed by atoms with Crippen LogP contribution >= 0.6 is 0 Å². The summed E-state index contributed by atoms with van der Waals surface area (Å²) in [6, 6.07) is 15.0. The van der Waals surface area contributed by atoms with Gasteiger partial charge >= 0.3 is 0 Å². The van der Waals surface area contributed by atoms with E-state index in [1.807, 2.05) is 6.92 Å². The highest BCUT2D eigenvalue weighted by atomic mass is 16.3. The van der Waals surface area contributed by atoms with Crippen molar-refractivity contribution in [3.05, 3.63) is 48.0 Å². The summed E-state index contributed by atoms with van der Waals surface area (Å²) in [7, 11) is 0. The van der Waals surface area contributed by atoms with Gasteiger partial charge in [-0.15, -0.1) is 0 Å². The van der Waals surface area contributed by atoms with Crippen LogP contribution < -0.4 is 0 Å².